The summed E-state index contributed by atoms with van der Waals surface area (Å²) in [5.41, 5.74) is 2.60. The van der Waals surface area contributed by atoms with Crippen LogP contribution in [0.3, 0.4) is 0 Å². The fraction of sp³-hybridized carbons (Fsp3) is 0.455. The molecule has 0 saturated carbocycles. The van der Waals surface area contributed by atoms with Crippen LogP contribution < -0.4 is 10.1 Å². The second-order valence-corrected chi connectivity index (χ2v) is 3.58. The van der Waals surface area contributed by atoms with E-state index >= 15 is 0 Å². The molecule has 2 heteroatoms. The quantitative estimate of drug-likeness (QED) is 0.742. The highest BCUT2D eigenvalue weighted by Crippen LogP contribution is 2.26. The van der Waals surface area contributed by atoms with Crippen LogP contribution >= 0.6 is 0 Å². The lowest BCUT2D eigenvalue weighted by molar-refractivity contribution is 0.406. The van der Waals surface area contributed by atoms with Crippen LogP contribution in [0.1, 0.15) is 17.0 Å². The van der Waals surface area contributed by atoms with Crippen molar-refractivity contribution >= 4 is 0 Å². The highest BCUT2D eigenvalue weighted by atomic mass is 16.5. The van der Waals surface area contributed by atoms with Crippen molar-refractivity contribution in [1.82, 2.24) is 5.32 Å². The molecule has 0 spiro atoms. The fourth-order valence-corrected chi connectivity index (χ4v) is 1.61. The first kappa shape index (κ1) is 8.57. The number of ether oxygens (including phenoxy) is 1. The predicted molar refractivity (Wildman–Crippen MR) is 53.3 cm³/mol. The molecule has 0 aromatic heterocycles. The van der Waals surface area contributed by atoms with E-state index in [1.807, 2.05) is 0 Å². The number of aryl methyl sites for hydroxylation is 1. The van der Waals surface area contributed by atoms with E-state index in [9.17, 15) is 0 Å². The molecule has 13 heavy (non-hydrogen) atoms. The van der Waals surface area contributed by atoms with Gasteiger partial charge in [-0.15, -0.1) is 0 Å². The fourth-order valence-electron chi connectivity index (χ4n) is 1.61. The molecule has 1 aliphatic rings. The van der Waals surface area contributed by atoms with Gasteiger partial charge in [-0.2, -0.15) is 0 Å². The van der Waals surface area contributed by atoms with Gasteiger partial charge in [0, 0.05) is 19.0 Å². The molecule has 1 N–H and O–H groups in total. The molecule has 1 aromatic carbocycles. The second kappa shape index (κ2) is 3.38. The van der Waals surface area contributed by atoms with Crippen LogP contribution in [-0.4, -0.2) is 20.2 Å². The number of hydrogen-bond acceptors (Lipinski definition) is 2. The molecule has 0 amide bonds. The van der Waals surface area contributed by atoms with Gasteiger partial charge in [0.25, 0.3) is 0 Å². The highest BCUT2D eigenvalue weighted by Gasteiger charge is 2.19. The first-order valence-electron chi connectivity index (χ1n) is 4.66. The van der Waals surface area contributed by atoms with Gasteiger partial charge >= 0.3 is 0 Å². The van der Waals surface area contributed by atoms with E-state index in [2.05, 4.69) is 30.4 Å². The average Bonchev–Trinajstić information content (AvgIpc) is 2.05. The van der Waals surface area contributed by atoms with Crippen molar-refractivity contribution in [2.24, 2.45) is 0 Å². The van der Waals surface area contributed by atoms with Crippen molar-refractivity contribution in [2.45, 2.75) is 12.8 Å². The lowest BCUT2D eigenvalue weighted by Gasteiger charge is -2.27. The lowest BCUT2D eigenvalue weighted by atomic mass is 9.93. The van der Waals surface area contributed by atoms with Gasteiger partial charge in [-0.25, -0.2) is 0 Å². The Kier molecular flexibility index (Phi) is 2.23. The summed E-state index contributed by atoms with van der Waals surface area (Å²) >= 11 is 0. The third kappa shape index (κ3) is 1.54. The van der Waals surface area contributed by atoms with Gasteiger partial charge in [0.1, 0.15) is 5.75 Å². The molecule has 1 aromatic rings. The number of benzene rings is 1. The largest absolute Gasteiger partial charge is 0.496 e. The Morgan fingerprint density at radius 2 is 2.15 bits per heavy atom. The Bertz CT molecular complexity index is 305. The Balaban J connectivity index is 2.26. The topological polar surface area (TPSA) is 21.3 Å². The summed E-state index contributed by atoms with van der Waals surface area (Å²) < 4.78 is 5.28. The molecule has 1 saturated heterocycles. The first-order valence-corrected chi connectivity index (χ1v) is 4.66. The van der Waals surface area contributed by atoms with Gasteiger partial charge in [0.15, 0.2) is 0 Å². The monoisotopic (exact) mass is 177 g/mol. The van der Waals surface area contributed by atoms with Crippen molar-refractivity contribution < 1.29 is 4.74 Å². The first-order chi connectivity index (χ1) is 6.31. The molecule has 0 bridgehead atoms. The summed E-state index contributed by atoms with van der Waals surface area (Å²) in [7, 11) is 1.73. The Labute approximate surface area is 78.9 Å². The minimum Gasteiger partial charge on any atom is -0.496 e. The Morgan fingerprint density at radius 1 is 1.38 bits per heavy atom. The van der Waals surface area contributed by atoms with Crippen molar-refractivity contribution in [1.29, 1.82) is 0 Å². The minimum atomic E-state index is 0.689. The second-order valence-electron chi connectivity index (χ2n) is 3.58. The normalized spacial score (nSPS) is 16.8. The van der Waals surface area contributed by atoms with Crippen LogP contribution in [0.5, 0.6) is 5.75 Å². The third-order valence-corrected chi connectivity index (χ3v) is 2.68. The zero-order chi connectivity index (χ0) is 9.26. The smallest absolute Gasteiger partial charge is 0.122 e. The van der Waals surface area contributed by atoms with Crippen molar-refractivity contribution in [3.63, 3.8) is 0 Å². The molecule has 1 aliphatic heterocycles. The van der Waals surface area contributed by atoms with E-state index < -0.39 is 0 Å². The Hall–Kier alpha value is -1.02. The van der Waals surface area contributed by atoms with Crippen molar-refractivity contribution in [3.8, 4) is 5.75 Å². The van der Waals surface area contributed by atoms with E-state index in [1.54, 1.807) is 7.11 Å². The summed E-state index contributed by atoms with van der Waals surface area (Å²) in [6.45, 7) is 4.28. The Morgan fingerprint density at radius 3 is 2.69 bits per heavy atom. The van der Waals surface area contributed by atoms with Crippen LogP contribution in [0.15, 0.2) is 18.2 Å². The van der Waals surface area contributed by atoms with E-state index in [0.29, 0.717) is 5.92 Å². The zero-order valence-corrected chi connectivity index (χ0v) is 8.13. The van der Waals surface area contributed by atoms with Crippen molar-refractivity contribution in [2.75, 3.05) is 20.2 Å². The maximum atomic E-state index is 5.28. The van der Waals surface area contributed by atoms with Gasteiger partial charge in [-0.3, -0.25) is 0 Å². The molecule has 0 unspecified atom stereocenters. The van der Waals surface area contributed by atoms with Crippen molar-refractivity contribution in [3.05, 3.63) is 29.3 Å². The van der Waals surface area contributed by atoms with E-state index in [0.717, 1.165) is 18.8 Å². The number of nitrogens with one attached hydrogen (secondary N) is 1. The lowest BCUT2D eigenvalue weighted by Crippen LogP contribution is -2.39. The maximum absolute atomic E-state index is 5.28. The third-order valence-electron chi connectivity index (χ3n) is 2.68. The van der Waals surface area contributed by atoms with Gasteiger partial charge in [0.05, 0.1) is 7.11 Å². The summed E-state index contributed by atoms with van der Waals surface area (Å²) in [5, 5.41) is 3.27. The standard InChI is InChI=1S/C11H15NO/c1-8-3-4-9(5-11(8)13-2)10-6-12-7-10/h3-5,10,12H,6-7H2,1-2H3. The summed E-state index contributed by atoms with van der Waals surface area (Å²) in [5.74, 6) is 1.69. The molecule has 70 valence electrons. The average molecular weight is 177 g/mol. The predicted octanol–water partition coefficient (Wildman–Crippen LogP) is 1.69. The minimum absolute atomic E-state index is 0.689. The van der Waals surface area contributed by atoms with Gasteiger partial charge in [-0.05, 0) is 24.1 Å². The molecule has 2 rings (SSSR count). The van der Waals surface area contributed by atoms with E-state index in [1.165, 1.54) is 11.1 Å². The summed E-state index contributed by atoms with van der Waals surface area (Å²) in [6, 6.07) is 6.48. The molecule has 0 atom stereocenters. The van der Waals surface area contributed by atoms with Crippen LogP contribution in [0, 0.1) is 6.92 Å². The molecule has 1 heterocycles. The molecule has 0 aliphatic carbocycles. The number of methoxy groups -OCH3 is 1. The molecule has 0 radical (unpaired) electrons. The zero-order valence-electron chi connectivity index (χ0n) is 8.13. The van der Waals surface area contributed by atoms with E-state index in [-0.39, 0.29) is 0 Å². The number of rotatable bonds is 2. The highest BCUT2D eigenvalue weighted by molar-refractivity contribution is 5.38. The van der Waals surface area contributed by atoms with E-state index in [4.69, 9.17) is 4.74 Å². The van der Waals surface area contributed by atoms with Crippen LogP contribution in [0.4, 0.5) is 0 Å². The van der Waals surface area contributed by atoms with Crippen LogP contribution in [-0.2, 0) is 0 Å². The molecule has 1 fully saturated rings. The van der Waals surface area contributed by atoms with Crippen LogP contribution in [0.2, 0.25) is 0 Å². The van der Waals surface area contributed by atoms with Gasteiger partial charge in [0.2, 0.25) is 0 Å². The van der Waals surface area contributed by atoms with Crippen LogP contribution in [0.25, 0.3) is 0 Å². The van der Waals surface area contributed by atoms with Gasteiger partial charge < -0.3 is 10.1 Å². The maximum Gasteiger partial charge on any atom is 0.122 e. The SMILES string of the molecule is COc1cc(C2CNC2)ccc1C. The van der Waals surface area contributed by atoms with Gasteiger partial charge in [-0.1, -0.05) is 12.1 Å². The molecule has 2 nitrogen and oxygen atoms in total. The number of hydrogen-bond donors (Lipinski definition) is 1. The molecular formula is C11H15NO. The summed E-state index contributed by atoms with van der Waals surface area (Å²) in [4.78, 5) is 0. The molecular weight excluding hydrogens is 162 g/mol. The summed E-state index contributed by atoms with van der Waals surface area (Å²) in [6.07, 6.45) is 0.